The van der Waals surface area contributed by atoms with Crippen molar-refractivity contribution in [1.82, 2.24) is 4.90 Å². The summed E-state index contributed by atoms with van der Waals surface area (Å²) >= 11 is 0. The van der Waals surface area contributed by atoms with Gasteiger partial charge in [0.15, 0.2) is 0 Å². The molecule has 1 saturated heterocycles. The molecular formula is C8H17NO3. The summed E-state index contributed by atoms with van der Waals surface area (Å²) < 4.78 is 10.1. The third-order valence-electron chi connectivity index (χ3n) is 2.11. The Labute approximate surface area is 73.1 Å². The first-order valence-electron chi connectivity index (χ1n) is 4.30. The third-order valence-corrected chi connectivity index (χ3v) is 2.11. The van der Waals surface area contributed by atoms with E-state index in [1.165, 1.54) is 0 Å². The van der Waals surface area contributed by atoms with E-state index in [2.05, 4.69) is 4.90 Å². The highest BCUT2D eigenvalue weighted by Crippen LogP contribution is 2.09. The lowest BCUT2D eigenvalue weighted by molar-refractivity contribution is -0.0728. The number of hydrogen-bond acceptors (Lipinski definition) is 4. The summed E-state index contributed by atoms with van der Waals surface area (Å²) in [5.41, 5.74) is 0. The van der Waals surface area contributed by atoms with Crippen LogP contribution in [0.15, 0.2) is 0 Å². The van der Waals surface area contributed by atoms with E-state index >= 15 is 0 Å². The molecule has 0 aromatic rings. The van der Waals surface area contributed by atoms with Crippen LogP contribution in [0, 0.1) is 0 Å². The average Bonchev–Trinajstić information content (AvgIpc) is 1.97. The van der Waals surface area contributed by atoms with Gasteiger partial charge in [0.25, 0.3) is 0 Å². The van der Waals surface area contributed by atoms with Crippen LogP contribution >= 0.6 is 0 Å². The Kier molecular flexibility index (Phi) is 4.53. The van der Waals surface area contributed by atoms with Crippen molar-refractivity contribution < 1.29 is 14.6 Å². The molecule has 0 aliphatic carbocycles. The molecule has 1 heterocycles. The number of methoxy groups -OCH3 is 1. The van der Waals surface area contributed by atoms with E-state index in [1.807, 2.05) is 0 Å². The molecular weight excluding hydrogens is 158 g/mol. The SMILES string of the molecule is COCCN(CCO)C1COC1. The van der Waals surface area contributed by atoms with Gasteiger partial charge < -0.3 is 14.6 Å². The van der Waals surface area contributed by atoms with E-state index < -0.39 is 0 Å². The molecule has 4 nitrogen and oxygen atoms in total. The molecule has 0 radical (unpaired) electrons. The van der Waals surface area contributed by atoms with Gasteiger partial charge in [-0.25, -0.2) is 0 Å². The van der Waals surface area contributed by atoms with E-state index in [-0.39, 0.29) is 6.61 Å². The number of ether oxygens (including phenoxy) is 2. The summed E-state index contributed by atoms with van der Waals surface area (Å²) in [6.45, 7) is 4.12. The Hall–Kier alpha value is -0.160. The largest absolute Gasteiger partial charge is 0.395 e. The predicted molar refractivity (Wildman–Crippen MR) is 45.1 cm³/mol. The molecule has 0 amide bonds. The highest BCUT2D eigenvalue weighted by Gasteiger charge is 2.24. The molecule has 0 aromatic heterocycles. The zero-order valence-electron chi connectivity index (χ0n) is 7.53. The molecule has 0 bridgehead atoms. The van der Waals surface area contributed by atoms with Crippen LogP contribution in [0.3, 0.4) is 0 Å². The average molecular weight is 175 g/mol. The van der Waals surface area contributed by atoms with Crippen LogP contribution in [0.25, 0.3) is 0 Å². The van der Waals surface area contributed by atoms with Crippen LogP contribution in [-0.2, 0) is 9.47 Å². The van der Waals surface area contributed by atoms with Gasteiger partial charge in [-0.05, 0) is 0 Å². The fraction of sp³-hybridized carbons (Fsp3) is 1.00. The highest BCUT2D eigenvalue weighted by atomic mass is 16.5. The molecule has 0 aromatic carbocycles. The minimum Gasteiger partial charge on any atom is -0.395 e. The molecule has 1 aliphatic heterocycles. The summed E-state index contributed by atoms with van der Waals surface area (Å²) in [5.74, 6) is 0. The first-order valence-corrected chi connectivity index (χ1v) is 4.30. The summed E-state index contributed by atoms with van der Waals surface area (Å²) in [5, 5.41) is 8.78. The number of nitrogens with zero attached hydrogens (tertiary/aromatic N) is 1. The standard InChI is InChI=1S/C8H17NO3/c1-11-5-3-9(2-4-10)8-6-12-7-8/h8,10H,2-7H2,1H3. The second kappa shape index (κ2) is 5.48. The second-order valence-corrected chi connectivity index (χ2v) is 2.94. The van der Waals surface area contributed by atoms with Crippen LogP contribution in [0.4, 0.5) is 0 Å². The van der Waals surface area contributed by atoms with Gasteiger partial charge in [0.1, 0.15) is 0 Å². The van der Waals surface area contributed by atoms with Gasteiger partial charge in [0, 0.05) is 20.2 Å². The van der Waals surface area contributed by atoms with Crippen molar-refractivity contribution in [1.29, 1.82) is 0 Å². The zero-order valence-corrected chi connectivity index (χ0v) is 7.53. The van der Waals surface area contributed by atoms with Gasteiger partial charge in [-0.3, -0.25) is 4.90 Å². The number of hydrogen-bond donors (Lipinski definition) is 1. The second-order valence-electron chi connectivity index (χ2n) is 2.94. The number of aliphatic hydroxyl groups is 1. The molecule has 1 rings (SSSR count). The van der Waals surface area contributed by atoms with Crippen molar-refractivity contribution in [2.24, 2.45) is 0 Å². The van der Waals surface area contributed by atoms with Crippen LogP contribution in [0.1, 0.15) is 0 Å². The quantitative estimate of drug-likeness (QED) is 0.581. The van der Waals surface area contributed by atoms with Crippen molar-refractivity contribution in [2.75, 3.05) is 46.6 Å². The first kappa shape index (κ1) is 9.92. The van der Waals surface area contributed by atoms with Gasteiger partial charge in [-0.1, -0.05) is 0 Å². The molecule has 0 atom stereocenters. The van der Waals surface area contributed by atoms with Crippen LogP contribution < -0.4 is 0 Å². The summed E-state index contributed by atoms with van der Waals surface area (Å²) in [6.07, 6.45) is 0. The lowest BCUT2D eigenvalue weighted by Crippen LogP contribution is -2.51. The minimum absolute atomic E-state index is 0.209. The highest BCUT2D eigenvalue weighted by molar-refractivity contribution is 4.76. The van der Waals surface area contributed by atoms with E-state index in [9.17, 15) is 0 Å². The lowest BCUT2D eigenvalue weighted by atomic mass is 10.2. The van der Waals surface area contributed by atoms with Crippen LogP contribution in [-0.4, -0.2) is 62.7 Å². The van der Waals surface area contributed by atoms with E-state index in [1.54, 1.807) is 7.11 Å². The normalized spacial score (nSPS) is 18.2. The van der Waals surface area contributed by atoms with Gasteiger partial charge in [-0.15, -0.1) is 0 Å². The maximum absolute atomic E-state index is 8.78. The zero-order chi connectivity index (χ0) is 8.81. The molecule has 72 valence electrons. The van der Waals surface area contributed by atoms with Crippen molar-refractivity contribution in [3.63, 3.8) is 0 Å². The number of rotatable bonds is 6. The molecule has 1 fully saturated rings. The Morgan fingerprint density at radius 3 is 2.67 bits per heavy atom. The monoisotopic (exact) mass is 175 g/mol. The van der Waals surface area contributed by atoms with Crippen molar-refractivity contribution >= 4 is 0 Å². The van der Waals surface area contributed by atoms with Crippen molar-refractivity contribution in [3.05, 3.63) is 0 Å². The van der Waals surface area contributed by atoms with Crippen LogP contribution in [0.5, 0.6) is 0 Å². The Balaban J connectivity index is 2.17. The maximum Gasteiger partial charge on any atom is 0.0645 e. The predicted octanol–water partition coefficient (Wildman–Crippen LogP) is -0.674. The Morgan fingerprint density at radius 2 is 2.25 bits per heavy atom. The molecule has 0 unspecified atom stereocenters. The Bertz CT molecular complexity index is 117. The molecule has 0 spiro atoms. The fourth-order valence-corrected chi connectivity index (χ4v) is 1.25. The molecule has 0 saturated carbocycles. The van der Waals surface area contributed by atoms with Gasteiger partial charge in [0.05, 0.1) is 32.5 Å². The maximum atomic E-state index is 8.78. The molecule has 4 heteroatoms. The van der Waals surface area contributed by atoms with E-state index in [0.717, 1.165) is 32.9 Å². The topological polar surface area (TPSA) is 41.9 Å². The fourth-order valence-electron chi connectivity index (χ4n) is 1.25. The van der Waals surface area contributed by atoms with Gasteiger partial charge in [-0.2, -0.15) is 0 Å². The lowest BCUT2D eigenvalue weighted by Gasteiger charge is -2.36. The van der Waals surface area contributed by atoms with Crippen LogP contribution in [0.2, 0.25) is 0 Å². The summed E-state index contributed by atoms with van der Waals surface area (Å²) in [7, 11) is 1.69. The first-order chi connectivity index (χ1) is 5.88. The number of aliphatic hydroxyl groups excluding tert-OH is 1. The smallest absolute Gasteiger partial charge is 0.0645 e. The third kappa shape index (κ3) is 2.71. The van der Waals surface area contributed by atoms with Gasteiger partial charge in [0.2, 0.25) is 0 Å². The minimum atomic E-state index is 0.209. The van der Waals surface area contributed by atoms with Crippen molar-refractivity contribution in [3.8, 4) is 0 Å². The Morgan fingerprint density at radius 1 is 1.50 bits per heavy atom. The summed E-state index contributed by atoms with van der Waals surface area (Å²) in [6, 6.07) is 0.493. The molecule has 1 aliphatic rings. The van der Waals surface area contributed by atoms with Gasteiger partial charge >= 0.3 is 0 Å². The molecule has 1 N–H and O–H groups in total. The van der Waals surface area contributed by atoms with E-state index in [4.69, 9.17) is 14.6 Å². The summed E-state index contributed by atoms with van der Waals surface area (Å²) in [4.78, 5) is 2.20. The van der Waals surface area contributed by atoms with Crippen molar-refractivity contribution in [2.45, 2.75) is 6.04 Å². The van der Waals surface area contributed by atoms with E-state index in [0.29, 0.717) is 6.04 Å². The molecule has 12 heavy (non-hydrogen) atoms.